The maximum atomic E-state index is 12.7. The number of non-ortho nitro benzene ring substituents is 1. The van der Waals surface area contributed by atoms with Crippen molar-refractivity contribution in [1.29, 1.82) is 0 Å². The number of ether oxygens (including phenoxy) is 1. The second-order valence-electron chi connectivity index (χ2n) is 7.94. The first kappa shape index (κ1) is 20.9. The fourth-order valence-electron chi connectivity index (χ4n) is 4.29. The Morgan fingerprint density at radius 1 is 1.26 bits per heavy atom. The van der Waals surface area contributed by atoms with Crippen LogP contribution in [0.3, 0.4) is 0 Å². The minimum absolute atomic E-state index is 0.0402. The molecule has 162 valence electrons. The Bertz CT molecular complexity index is 1100. The second kappa shape index (κ2) is 8.77. The number of likely N-dealkylation sites (tertiary alicyclic amines) is 1. The average Bonchev–Trinajstić information content (AvgIpc) is 3.22. The number of carbonyl (C=O) groups is 1. The number of fused-ring (bicyclic) bond motifs is 1. The predicted molar refractivity (Wildman–Crippen MR) is 120 cm³/mol. The van der Waals surface area contributed by atoms with Crippen LogP contribution in [0, 0.1) is 10.1 Å². The van der Waals surface area contributed by atoms with Gasteiger partial charge < -0.3 is 15.0 Å². The van der Waals surface area contributed by atoms with Crippen LogP contribution in [0.1, 0.15) is 31.2 Å². The van der Waals surface area contributed by atoms with Gasteiger partial charge in [0.15, 0.2) is 0 Å². The molecule has 1 atom stereocenters. The normalized spacial score (nSPS) is 16.2. The van der Waals surface area contributed by atoms with E-state index in [9.17, 15) is 14.9 Å². The third-order valence-corrected chi connectivity index (χ3v) is 6.14. The quantitative estimate of drug-likeness (QED) is 0.456. The number of nitrogens with zero attached hydrogens (tertiary/aromatic N) is 2. The number of nitro groups is 1. The summed E-state index contributed by atoms with van der Waals surface area (Å²) in [6.45, 7) is 3.50. The standard InChI is InChI=1S/C23H26N4O4/c1-15(23(28)25-17-4-3-5-18(12-17)27(29)30)26-10-8-16(9-11-26)21-14-24-22-7-6-19(31-2)13-20(21)22/h3-7,12-16,24H,8-11H2,1-2H3,(H,25,28). The van der Waals surface area contributed by atoms with Crippen molar-refractivity contribution in [2.24, 2.45) is 0 Å². The van der Waals surface area contributed by atoms with E-state index in [1.54, 1.807) is 19.2 Å². The van der Waals surface area contributed by atoms with Gasteiger partial charge in [0.1, 0.15) is 5.75 Å². The molecule has 0 radical (unpaired) electrons. The number of aromatic nitrogens is 1. The maximum Gasteiger partial charge on any atom is 0.271 e. The van der Waals surface area contributed by atoms with Crippen LogP contribution >= 0.6 is 0 Å². The molecule has 2 N–H and O–H groups in total. The molecule has 2 heterocycles. The molecule has 1 saturated heterocycles. The second-order valence-corrected chi connectivity index (χ2v) is 7.94. The Hall–Kier alpha value is -3.39. The number of hydrogen-bond donors (Lipinski definition) is 2. The lowest BCUT2D eigenvalue weighted by Gasteiger charge is -2.35. The first-order valence-electron chi connectivity index (χ1n) is 10.4. The summed E-state index contributed by atoms with van der Waals surface area (Å²) in [5.41, 5.74) is 2.79. The van der Waals surface area contributed by atoms with Gasteiger partial charge >= 0.3 is 0 Å². The lowest BCUT2D eigenvalue weighted by atomic mass is 9.88. The Morgan fingerprint density at radius 3 is 2.74 bits per heavy atom. The number of aromatic amines is 1. The third-order valence-electron chi connectivity index (χ3n) is 6.14. The molecule has 1 amide bonds. The summed E-state index contributed by atoms with van der Waals surface area (Å²) in [7, 11) is 1.67. The van der Waals surface area contributed by atoms with Gasteiger partial charge in [-0.1, -0.05) is 6.07 Å². The summed E-state index contributed by atoms with van der Waals surface area (Å²) in [6.07, 6.45) is 4.00. The van der Waals surface area contributed by atoms with Crippen molar-refractivity contribution in [3.05, 3.63) is 64.3 Å². The van der Waals surface area contributed by atoms with Crippen LogP contribution in [0.2, 0.25) is 0 Å². The minimum atomic E-state index is -0.468. The Kier molecular flexibility index (Phi) is 5.90. The third kappa shape index (κ3) is 4.39. The molecule has 1 aliphatic rings. The van der Waals surface area contributed by atoms with Gasteiger partial charge in [-0.2, -0.15) is 0 Å². The number of rotatable bonds is 6. The topological polar surface area (TPSA) is 100 Å². The van der Waals surface area contributed by atoms with Crippen molar-refractivity contribution < 1.29 is 14.5 Å². The van der Waals surface area contributed by atoms with Crippen LogP contribution in [-0.2, 0) is 4.79 Å². The number of amides is 1. The van der Waals surface area contributed by atoms with E-state index >= 15 is 0 Å². The molecule has 8 heteroatoms. The van der Waals surface area contributed by atoms with Gasteiger partial charge in [-0.25, -0.2) is 0 Å². The first-order chi connectivity index (χ1) is 15.0. The molecule has 1 aliphatic heterocycles. The summed E-state index contributed by atoms with van der Waals surface area (Å²) in [5, 5.41) is 14.9. The van der Waals surface area contributed by atoms with Crippen molar-refractivity contribution in [3.8, 4) is 5.75 Å². The number of benzene rings is 2. The van der Waals surface area contributed by atoms with E-state index in [2.05, 4.69) is 27.5 Å². The highest BCUT2D eigenvalue weighted by atomic mass is 16.6. The van der Waals surface area contributed by atoms with E-state index in [0.717, 1.165) is 37.2 Å². The van der Waals surface area contributed by atoms with Crippen LogP contribution in [0.5, 0.6) is 5.75 Å². The fourth-order valence-corrected chi connectivity index (χ4v) is 4.29. The molecule has 0 spiro atoms. The van der Waals surface area contributed by atoms with E-state index < -0.39 is 4.92 Å². The number of piperidine rings is 1. The molecule has 1 unspecified atom stereocenters. The number of anilines is 1. The molecule has 1 fully saturated rings. The molecule has 2 aromatic carbocycles. The van der Waals surface area contributed by atoms with Crippen LogP contribution in [-0.4, -0.2) is 47.0 Å². The smallest absolute Gasteiger partial charge is 0.271 e. The zero-order valence-corrected chi connectivity index (χ0v) is 17.6. The molecule has 0 bridgehead atoms. The number of methoxy groups -OCH3 is 1. The molecule has 0 aliphatic carbocycles. The Morgan fingerprint density at radius 2 is 2.03 bits per heavy atom. The van der Waals surface area contributed by atoms with Crippen LogP contribution in [0.15, 0.2) is 48.7 Å². The Balaban J connectivity index is 1.39. The number of hydrogen-bond acceptors (Lipinski definition) is 5. The fraction of sp³-hybridized carbons (Fsp3) is 0.348. The highest BCUT2D eigenvalue weighted by Gasteiger charge is 2.28. The lowest BCUT2D eigenvalue weighted by Crippen LogP contribution is -2.45. The first-order valence-corrected chi connectivity index (χ1v) is 10.4. The van der Waals surface area contributed by atoms with E-state index in [-0.39, 0.29) is 17.6 Å². The highest BCUT2D eigenvalue weighted by Crippen LogP contribution is 2.35. The summed E-state index contributed by atoms with van der Waals surface area (Å²) >= 11 is 0. The van der Waals surface area contributed by atoms with Crippen molar-refractivity contribution >= 4 is 28.2 Å². The van der Waals surface area contributed by atoms with Gasteiger partial charge in [0, 0.05) is 34.9 Å². The van der Waals surface area contributed by atoms with Gasteiger partial charge in [-0.15, -0.1) is 0 Å². The van der Waals surface area contributed by atoms with Gasteiger partial charge in [0.25, 0.3) is 5.69 Å². The van der Waals surface area contributed by atoms with Gasteiger partial charge in [0.2, 0.25) is 5.91 Å². The SMILES string of the molecule is COc1ccc2[nH]cc(C3CCN(C(C)C(=O)Nc4cccc([N+](=O)[O-])c4)CC3)c2c1. The molecule has 8 nitrogen and oxygen atoms in total. The molecule has 4 rings (SSSR count). The Labute approximate surface area is 180 Å². The number of nitro benzene ring substituents is 1. The van der Waals surface area contributed by atoms with Crippen molar-refractivity contribution in [1.82, 2.24) is 9.88 Å². The monoisotopic (exact) mass is 422 g/mol. The van der Waals surface area contributed by atoms with Gasteiger partial charge in [-0.05, 0) is 68.6 Å². The van der Waals surface area contributed by atoms with Gasteiger partial charge in [0.05, 0.1) is 18.1 Å². The van der Waals surface area contributed by atoms with E-state index in [1.165, 1.54) is 23.1 Å². The van der Waals surface area contributed by atoms with Crippen molar-refractivity contribution in [3.63, 3.8) is 0 Å². The van der Waals surface area contributed by atoms with Crippen molar-refractivity contribution in [2.75, 3.05) is 25.5 Å². The summed E-state index contributed by atoms with van der Waals surface area (Å²) in [4.78, 5) is 28.7. The molecule has 31 heavy (non-hydrogen) atoms. The number of H-pyrrole nitrogens is 1. The van der Waals surface area contributed by atoms with E-state index in [0.29, 0.717) is 11.6 Å². The molecular weight excluding hydrogens is 396 g/mol. The lowest BCUT2D eigenvalue weighted by molar-refractivity contribution is -0.384. The van der Waals surface area contributed by atoms with E-state index in [4.69, 9.17) is 4.74 Å². The largest absolute Gasteiger partial charge is 0.497 e. The number of carbonyl (C=O) groups excluding carboxylic acids is 1. The minimum Gasteiger partial charge on any atom is -0.497 e. The van der Waals surface area contributed by atoms with E-state index in [1.807, 2.05) is 19.1 Å². The summed E-state index contributed by atoms with van der Waals surface area (Å²) in [5.74, 6) is 1.11. The average molecular weight is 422 g/mol. The zero-order valence-electron chi connectivity index (χ0n) is 17.6. The predicted octanol–water partition coefficient (Wildman–Crippen LogP) is 4.29. The van der Waals surface area contributed by atoms with Crippen LogP contribution in [0.25, 0.3) is 10.9 Å². The van der Waals surface area contributed by atoms with Crippen LogP contribution < -0.4 is 10.1 Å². The molecule has 3 aromatic rings. The van der Waals surface area contributed by atoms with Crippen LogP contribution in [0.4, 0.5) is 11.4 Å². The maximum absolute atomic E-state index is 12.7. The number of nitrogens with one attached hydrogen (secondary N) is 2. The summed E-state index contributed by atoms with van der Waals surface area (Å²) in [6, 6.07) is 11.8. The summed E-state index contributed by atoms with van der Waals surface area (Å²) < 4.78 is 5.37. The molecule has 0 saturated carbocycles. The van der Waals surface area contributed by atoms with Crippen molar-refractivity contribution in [2.45, 2.75) is 31.7 Å². The molecular formula is C23H26N4O4. The van der Waals surface area contributed by atoms with Gasteiger partial charge in [-0.3, -0.25) is 19.8 Å². The highest BCUT2D eigenvalue weighted by molar-refractivity contribution is 5.94. The molecule has 1 aromatic heterocycles. The zero-order chi connectivity index (χ0) is 22.0.